The lowest BCUT2D eigenvalue weighted by Gasteiger charge is -2.41. The number of halogens is 1. The molecule has 1 fully saturated rings. The first-order valence-corrected chi connectivity index (χ1v) is 9.13. The van der Waals surface area contributed by atoms with Gasteiger partial charge in [0.05, 0.1) is 13.2 Å². The van der Waals surface area contributed by atoms with Crippen molar-refractivity contribution in [3.63, 3.8) is 0 Å². The molecule has 2 heterocycles. The van der Waals surface area contributed by atoms with Gasteiger partial charge in [-0.2, -0.15) is 4.99 Å². The topological polar surface area (TPSA) is 78.5 Å². The zero-order chi connectivity index (χ0) is 18.6. The van der Waals surface area contributed by atoms with Gasteiger partial charge >= 0.3 is 0 Å². The van der Waals surface area contributed by atoms with Gasteiger partial charge in [-0.25, -0.2) is 4.99 Å². The van der Waals surface area contributed by atoms with Gasteiger partial charge in [0.25, 0.3) is 0 Å². The molecule has 3 N–H and O–H groups in total. The van der Waals surface area contributed by atoms with Crippen LogP contribution in [0.25, 0.3) is 0 Å². The number of hydrogen-bond acceptors (Lipinski definition) is 7. The summed E-state index contributed by atoms with van der Waals surface area (Å²) in [5.74, 6) is 1.07. The van der Waals surface area contributed by atoms with Crippen molar-refractivity contribution in [2.45, 2.75) is 13.2 Å². The van der Waals surface area contributed by atoms with Crippen molar-refractivity contribution in [2.24, 2.45) is 15.7 Å². The third kappa shape index (κ3) is 4.37. The van der Waals surface area contributed by atoms with Gasteiger partial charge in [0.2, 0.25) is 18.2 Å². The number of rotatable bonds is 3. The molecule has 28 heavy (non-hydrogen) atoms. The molecule has 0 aliphatic carbocycles. The molecule has 0 aromatic heterocycles. The third-order valence-corrected chi connectivity index (χ3v) is 4.60. The van der Waals surface area contributed by atoms with Crippen LogP contribution in [0.15, 0.2) is 64.6 Å². The molecule has 0 spiro atoms. The van der Waals surface area contributed by atoms with E-state index in [2.05, 4.69) is 56.3 Å². The van der Waals surface area contributed by atoms with E-state index in [1.54, 1.807) is 0 Å². The lowest BCUT2D eigenvalue weighted by Crippen LogP contribution is -2.57. The van der Waals surface area contributed by atoms with Gasteiger partial charge in [-0.05, 0) is 31.2 Å². The summed E-state index contributed by atoms with van der Waals surface area (Å²) in [6.07, 6.45) is -0.384. The van der Waals surface area contributed by atoms with Crippen LogP contribution in [0.5, 0.6) is 0 Å². The maximum absolute atomic E-state index is 6.08. The Morgan fingerprint density at radius 3 is 2.39 bits per heavy atom. The van der Waals surface area contributed by atoms with Gasteiger partial charge in [0.15, 0.2) is 0 Å². The van der Waals surface area contributed by atoms with E-state index in [0.717, 1.165) is 30.4 Å². The van der Waals surface area contributed by atoms with Crippen molar-refractivity contribution in [1.29, 1.82) is 0 Å². The van der Waals surface area contributed by atoms with Gasteiger partial charge < -0.3 is 20.7 Å². The molecule has 2 aliphatic heterocycles. The van der Waals surface area contributed by atoms with Crippen molar-refractivity contribution < 1.29 is 4.74 Å². The highest BCUT2D eigenvalue weighted by Crippen LogP contribution is 2.24. The Balaban J connectivity index is 0.00000225. The second-order valence-electron chi connectivity index (χ2n) is 6.59. The molecule has 0 bridgehead atoms. The van der Waals surface area contributed by atoms with E-state index in [-0.39, 0.29) is 24.7 Å². The molecule has 4 rings (SSSR count). The van der Waals surface area contributed by atoms with Crippen molar-refractivity contribution in [1.82, 2.24) is 4.90 Å². The summed E-state index contributed by atoms with van der Waals surface area (Å²) in [5, 5.41) is 3.46. The highest BCUT2D eigenvalue weighted by atomic mass is 35.5. The third-order valence-electron chi connectivity index (χ3n) is 4.60. The summed E-state index contributed by atoms with van der Waals surface area (Å²) in [6.45, 7) is 4.97. The maximum Gasteiger partial charge on any atom is 0.222 e. The lowest BCUT2D eigenvalue weighted by atomic mass is 10.2. The SMILES string of the molecule is Cc1ccc(N2C(N3CCOCC3)=NC(N)=NC2Nc2ccccc2)cc1.Cl. The van der Waals surface area contributed by atoms with Crippen LogP contribution in [-0.2, 0) is 4.74 Å². The van der Waals surface area contributed by atoms with Gasteiger partial charge in [0, 0.05) is 24.5 Å². The van der Waals surface area contributed by atoms with E-state index in [0.29, 0.717) is 13.2 Å². The lowest BCUT2D eigenvalue weighted by molar-refractivity contribution is 0.0671. The Morgan fingerprint density at radius 2 is 1.71 bits per heavy atom. The summed E-state index contributed by atoms with van der Waals surface area (Å²) in [5.41, 5.74) is 9.26. The average Bonchev–Trinajstić information content (AvgIpc) is 2.70. The fraction of sp³-hybridized carbons (Fsp3) is 0.300. The second kappa shape index (κ2) is 8.95. The predicted octanol–water partition coefficient (Wildman–Crippen LogP) is 2.64. The van der Waals surface area contributed by atoms with Gasteiger partial charge in [-0.1, -0.05) is 35.9 Å². The van der Waals surface area contributed by atoms with Gasteiger partial charge in [-0.3, -0.25) is 4.90 Å². The zero-order valence-electron chi connectivity index (χ0n) is 15.8. The summed E-state index contributed by atoms with van der Waals surface area (Å²) >= 11 is 0. The van der Waals surface area contributed by atoms with Crippen molar-refractivity contribution in [3.8, 4) is 0 Å². The number of aryl methyl sites for hydroxylation is 1. The van der Waals surface area contributed by atoms with Crippen LogP contribution in [0.2, 0.25) is 0 Å². The molecule has 1 saturated heterocycles. The number of guanidine groups is 2. The van der Waals surface area contributed by atoms with E-state index in [4.69, 9.17) is 10.5 Å². The molecule has 1 unspecified atom stereocenters. The number of hydrogen-bond donors (Lipinski definition) is 2. The number of aliphatic imine (C=N–C) groups is 2. The van der Waals surface area contributed by atoms with Crippen LogP contribution < -0.4 is 16.0 Å². The van der Waals surface area contributed by atoms with E-state index in [9.17, 15) is 0 Å². The molecule has 0 radical (unpaired) electrons. The first-order chi connectivity index (χ1) is 13.2. The van der Waals surface area contributed by atoms with Crippen molar-refractivity contribution in [2.75, 3.05) is 36.5 Å². The molecule has 0 saturated carbocycles. The van der Waals surface area contributed by atoms with Crippen LogP contribution in [0.4, 0.5) is 11.4 Å². The Hall–Kier alpha value is -2.77. The molecule has 2 aromatic rings. The quantitative estimate of drug-likeness (QED) is 0.828. The normalized spacial score (nSPS) is 19.4. The summed E-state index contributed by atoms with van der Waals surface area (Å²) in [6, 6.07) is 18.3. The van der Waals surface area contributed by atoms with Crippen molar-refractivity contribution in [3.05, 3.63) is 60.2 Å². The van der Waals surface area contributed by atoms with Gasteiger partial charge in [-0.15, -0.1) is 12.4 Å². The Morgan fingerprint density at radius 1 is 1.04 bits per heavy atom. The minimum absolute atomic E-state index is 0. The fourth-order valence-corrected chi connectivity index (χ4v) is 3.21. The van der Waals surface area contributed by atoms with E-state index in [1.807, 2.05) is 30.3 Å². The van der Waals surface area contributed by atoms with Crippen molar-refractivity contribution >= 4 is 35.7 Å². The van der Waals surface area contributed by atoms with E-state index < -0.39 is 0 Å². The molecule has 8 heteroatoms. The fourth-order valence-electron chi connectivity index (χ4n) is 3.21. The molecule has 2 aliphatic rings. The standard InChI is InChI=1S/C20H24N6O.ClH/c1-15-7-9-17(10-8-15)26-19(22-16-5-3-2-4-6-16)23-18(21)24-20(26)25-11-13-27-14-12-25;/h2-10,19,22H,11-14H2,1H3,(H2,21,23);1H. The number of nitrogens with one attached hydrogen (secondary N) is 1. The molecule has 1 atom stereocenters. The minimum Gasteiger partial charge on any atom is -0.378 e. The van der Waals surface area contributed by atoms with Crippen LogP contribution in [0.3, 0.4) is 0 Å². The number of nitrogens with two attached hydrogens (primary N) is 1. The highest BCUT2D eigenvalue weighted by molar-refractivity contribution is 6.06. The molecule has 0 amide bonds. The molecular weight excluding hydrogens is 376 g/mol. The smallest absolute Gasteiger partial charge is 0.222 e. The number of ether oxygens (including phenoxy) is 1. The molecule has 148 valence electrons. The van der Waals surface area contributed by atoms with Crippen LogP contribution in [0.1, 0.15) is 5.56 Å². The first kappa shape index (κ1) is 20.0. The molecule has 7 nitrogen and oxygen atoms in total. The Kier molecular flexibility index (Phi) is 6.38. The molecule has 2 aromatic carbocycles. The summed E-state index contributed by atoms with van der Waals surface area (Å²) < 4.78 is 5.50. The average molecular weight is 401 g/mol. The largest absolute Gasteiger partial charge is 0.378 e. The summed E-state index contributed by atoms with van der Waals surface area (Å²) in [7, 11) is 0. The molecular formula is C20H25ClN6O. The van der Waals surface area contributed by atoms with Gasteiger partial charge in [0.1, 0.15) is 0 Å². The predicted molar refractivity (Wildman–Crippen MR) is 116 cm³/mol. The van der Waals surface area contributed by atoms with Crippen LogP contribution in [0, 0.1) is 6.92 Å². The number of morpholine rings is 1. The maximum atomic E-state index is 6.08. The monoisotopic (exact) mass is 400 g/mol. The second-order valence-corrected chi connectivity index (χ2v) is 6.59. The van der Waals surface area contributed by atoms with E-state index >= 15 is 0 Å². The van der Waals surface area contributed by atoms with Crippen LogP contribution in [-0.4, -0.2) is 49.4 Å². The Bertz CT molecular complexity index is 834. The number of benzene rings is 2. The zero-order valence-corrected chi connectivity index (χ0v) is 16.6. The van der Waals surface area contributed by atoms with Crippen LogP contribution >= 0.6 is 12.4 Å². The minimum atomic E-state index is -0.384. The highest BCUT2D eigenvalue weighted by Gasteiger charge is 2.31. The first-order valence-electron chi connectivity index (χ1n) is 9.13. The number of para-hydroxylation sites is 1. The number of nitrogens with zero attached hydrogens (tertiary/aromatic N) is 4. The Labute approximate surface area is 171 Å². The summed E-state index contributed by atoms with van der Waals surface area (Å²) in [4.78, 5) is 13.4. The van der Waals surface area contributed by atoms with E-state index in [1.165, 1.54) is 5.56 Å². The number of anilines is 2.